The maximum atomic E-state index is 12.6. The predicted molar refractivity (Wildman–Crippen MR) is 129 cm³/mol. The molecule has 0 unspecified atom stereocenters. The number of ether oxygens (including phenoxy) is 1. The fourth-order valence-corrected chi connectivity index (χ4v) is 4.84. The van der Waals surface area contributed by atoms with Gasteiger partial charge in [0.25, 0.3) is 11.5 Å². The van der Waals surface area contributed by atoms with Crippen molar-refractivity contribution in [3.63, 3.8) is 0 Å². The van der Waals surface area contributed by atoms with Gasteiger partial charge < -0.3 is 20.4 Å². The van der Waals surface area contributed by atoms with Crippen molar-refractivity contribution in [1.82, 2.24) is 25.0 Å². The van der Waals surface area contributed by atoms with E-state index in [0.29, 0.717) is 24.2 Å². The number of aromatic nitrogens is 3. The number of H-pyrrole nitrogens is 1. The topological polar surface area (TPSA) is 101 Å². The first-order valence-corrected chi connectivity index (χ1v) is 11.5. The number of rotatable bonds is 7. The van der Waals surface area contributed by atoms with Crippen LogP contribution in [0.25, 0.3) is 16.6 Å². The molecule has 0 aliphatic carbocycles. The first-order valence-electron chi connectivity index (χ1n) is 11.5. The molecule has 2 bridgehead atoms. The van der Waals surface area contributed by atoms with E-state index in [4.69, 9.17) is 4.74 Å². The van der Waals surface area contributed by atoms with Crippen LogP contribution >= 0.6 is 0 Å². The number of carbonyl (C=O) groups excluding carboxylic acids is 1. The van der Waals surface area contributed by atoms with Crippen LogP contribution in [-0.4, -0.2) is 39.0 Å². The van der Waals surface area contributed by atoms with E-state index in [-0.39, 0.29) is 23.3 Å². The van der Waals surface area contributed by atoms with Gasteiger partial charge in [-0.05, 0) is 41.6 Å². The molecule has 172 valence electrons. The third-order valence-electron chi connectivity index (χ3n) is 6.57. The maximum Gasteiger partial charge on any atom is 0.270 e. The van der Waals surface area contributed by atoms with Crippen LogP contribution in [0.1, 0.15) is 28.2 Å². The molecule has 5 heterocycles. The monoisotopic (exact) mass is 455 g/mol. The largest absolute Gasteiger partial charge is 0.367 e. The van der Waals surface area contributed by atoms with Crippen LogP contribution in [0.2, 0.25) is 0 Å². The SMILES string of the molecule is O=C(NCc1ccc2cc(CNC[C@@H]3C[C@H]4C=C[C@@H]3O4)[nH]c2c1)c1cc(=O)n2ccccc2n1. The summed E-state index contributed by atoms with van der Waals surface area (Å²) in [5, 5.41) is 7.53. The van der Waals surface area contributed by atoms with Crippen LogP contribution < -0.4 is 16.2 Å². The number of hydrogen-bond donors (Lipinski definition) is 3. The van der Waals surface area contributed by atoms with Gasteiger partial charge in [0, 0.05) is 49.0 Å². The van der Waals surface area contributed by atoms with E-state index >= 15 is 0 Å². The first kappa shape index (κ1) is 20.8. The summed E-state index contributed by atoms with van der Waals surface area (Å²) in [5.74, 6) is 0.169. The third-order valence-corrected chi connectivity index (χ3v) is 6.57. The minimum Gasteiger partial charge on any atom is -0.367 e. The number of fused-ring (bicyclic) bond motifs is 4. The Bertz CT molecular complexity index is 1470. The lowest BCUT2D eigenvalue weighted by Crippen LogP contribution is -2.27. The van der Waals surface area contributed by atoms with Crippen LogP contribution in [0.15, 0.2) is 71.7 Å². The van der Waals surface area contributed by atoms with E-state index in [2.05, 4.69) is 38.8 Å². The molecule has 0 radical (unpaired) electrons. The molecule has 2 aliphatic heterocycles. The van der Waals surface area contributed by atoms with E-state index in [0.717, 1.165) is 41.7 Å². The van der Waals surface area contributed by atoms with Crippen LogP contribution in [0.5, 0.6) is 0 Å². The van der Waals surface area contributed by atoms with Crippen LogP contribution in [-0.2, 0) is 17.8 Å². The Morgan fingerprint density at radius 3 is 2.94 bits per heavy atom. The molecule has 1 aromatic carbocycles. The maximum absolute atomic E-state index is 12.6. The van der Waals surface area contributed by atoms with Gasteiger partial charge in [0.1, 0.15) is 11.3 Å². The average molecular weight is 456 g/mol. The number of hydrogen-bond acceptors (Lipinski definition) is 5. The van der Waals surface area contributed by atoms with Crippen molar-refractivity contribution in [1.29, 1.82) is 0 Å². The lowest BCUT2D eigenvalue weighted by molar-refractivity contribution is 0.0946. The highest BCUT2D eigenvalue weighted by Gasteiger charge is 2.36. The second-order valence-electron chi connectivity index (χ2n) is 8.96. The molecule has 4 aromatic rings. The number of pyridine rings is 1. The lowest BCUT2D eigenvalue weighted by Gasteiger charge is -2.15. The average Bonchev–Trinajstić information content (AvgIpc) is 3.58. The second-order valence-corrected chi connectivity index (χ2v) is 8.96. The van der Waals surface area contributed by atoms with Gasteiger partial charge in [0.2, 0.25) is 0 Å². The molecule has 8 heteroatoms. The molecule has 34 heavy (non-hydrogen) atoms. The quantitative estimate of drug-likeness (QED) is 0.372. The molecule has 1 fully saturated rings. The van der Waals surface area contributed by atoms with Crippen molar-refractivity contribution in [2.24, 2.45) is 5.92 Å². The summed E-state index contributed by atoms with van der Waals surface area (Å²) in [6.07, 6.45) is 7.64. The molecule has 0 saturated carbocycles. The van der Waals surface area contributed by atoms with E-state index in [9.17, 15) is 9.59 Å². The zero-order chi connectivity index (χ0) is 23.1. The van der Waals surface area contributed by atoms with Crippen LogP contribution in [0, 0.1) is 5.92 Å². The number of carbonyl (C=O) groups is 1. The molecule has 2 aliphatic rings. The van der Waals surface area contributed by atoms with Gasteiger partial charge in [0.05, 0.1) is 12.2 Å². The minimum absolute atomic E-state index is 0.113. The predicted octanol–water partition coefficient (Wildman–Crippen LogP) is 2.54. The van der Waals surface area contributed by atoms with Crippen LogP contribution in [0.3, 0.4) is 0 Å². The minimum atomic E-state index is -0.376. The summed E-state index contributed by atoms with van der Waals surface area (Å²) in [4.78, 5) is 32.6. The fraction of sp³-hybridized carbons (Fsp3) is 0.269. The smallest absolute Gasteiger partial charge is 0.270 e. The third kappa shape index (κ3) is 4.02. The normalized spacial score (nSPS) is 21.0. The number of nitrogens with zero attached hydrogens (tertiary/aromatic N) is 2. The molecular formula is C26H25N5O3. The van der Waals surface area contributed by atoms with Gasteiger partial charge in [-0.2, -0.15) is 0 Å². The molecule has 8 nitrogen and oxygen atoms in total. The molecule has 1 saturated heterocycles. The molecule has 3 N–H and O–H groups in total. The molecule has 3 atom stereocenters. The Labute approximate surface area is 195 Å². The highest BCUT2D eigenvalue weighted by atomic mass is 16.5. The van der Waals surface area contributed by atoms with E-state index in [1.165, 1.54) is 10.5 Å². The first-order chi connectivity index (χ1) is 16.6. The van der Waals surface area contributed by atoms with E-state index in [1.807, 2.05) is 18.2 Å². The number of aromatic amines is 1. The molecular weight excluding hydrogens is 430 g/mol. The Kier molecular flexibility index (Phi) is 5.24. The van der Waals surface area contributed by atoms with Gasteiger partial charge in [-0.25, -0.2) is 4.98 Å². The zero-order valence-electron chi connectivity index (χ0n) is 18.5. The standard InChI is InChI=1S/C26H25N5O3/c32-25-12-22(30-24-3-1-2-8-31(24)25)26(33)28-13-16-4-5-17-10-19(29-21(17)9-16)15-27-14-18-11-20-6-7-23(18)34-20/h1-10,12,18,20,23,27,29H,11,13-15H2,(H,28,33)/t18-,20+,23-/m0/s1. The Morgan fingerprint density at radius 2 is 2.09 bits per heavy atom. The highest BCUT2D eigenvalue weighted by Crippen LogP contribution is 2.33. The molecule has 3 aromatic heterocycles. The number of amides is 1. The van der Waals surface area contributed by atoms with Crippen LogP contribution in [0.4, 0.5) is 0 Å². The van der Waals surface area contributed by atoms with Crippen molar-refractivity contribution in [3.8, 4) is 0 Å². The number of nitrogens with one attached hydrogen (secondary N) is 3. The van der Waals surface area contributed by atoms with E-state index < -0.39 is 0 Å². The molecule has 1 amide bonds. The molecule has 0 spiro atoms. The number of benzene rings is 1. The zero-order valence-corrected chi connectivity index (χ0v) is 18.5. The summed E-state index contributed by atoms with van der Waals surface area (Å²) in [6.45, 7) is 2.04. The second kappa shape index (κ2) is 8.55. The summed E-state index contributed by atoms with van der Waals surface area (Å²) in [7, 11) is 0. The van der Waals surface area contributed by atoms with Crippen molar-refractivity contribution >= 4 is 22.5 Å². The molecule has 6 rings (SSSR count). The van der Waals surface area contributed by atoms with Crippen molar-refractivity contribution in [2.75, 3.05) is 6.54 Å². The summed E-state index contributed by atoms with van der Waals surface area (Å²) >= 11 is 0. The van der Waals surface area contributed by atoms with Crippen molar-refractivity contribution < 1.29 is 9.53 Å². The summed E-state index contributed by atoms with van der Waals surface area (Å²) < 4.78 is 7.24. The lowest BCUT2D eigenvalue weighted by atomic mass is 9.94. The Hall–Kier alpha value is -3.75. The van der Waals surface area contributed by atoms with Gasteiger partial charge in [-0.15, -0.1) is 0 Å². The Balaban J connectivity index is 1.08. The van der Waals surface area contributed by atoms with Gasteiger partial charge in [-0.3, -0.25) is 14.0 Å². The van der Waals surface area contributed by atoms with Gasteiger partial charge in [-0.1, -0.05) is 30.4 Å². The van der Waals surface area contributed by atoms with Crippen molar-refractivity contribution in [3.05, 3.63) is 94.2 Å². The summed E-state index contributed by atoms with van der Waals surface area (Å²) in [6, 6.07) is 14.7. The highest BCUT2D eigenvalue weighted by molar-refractivity contribution is 5.92. The van der Waals surface area contributed by atoms with Gasteiger partial charge >= 0.3 is 0 Å². The van der Waals surface area contributed by atoms with E-state index in [1.54, 1.807) is 24.4 Å². The fourth-order valence-electron chi connectivity index (χ4n) is 4.84. The Morgan fingerprint density at radius 1 is 1.15 bits per heavy atom. The van der Waals surface area contributed by atoms with Gasteiger partial charge in [0.15, 0.2) is 0 Å². The summed E-state index contributed by atoms with van der Waals surface area (Å²) in [5.41, 5.74) is 3.38. The van der Waals surface area contributed by atoms with Crippen molar-refractivity contribution in [2.45, 2.75) is 31.7 Å².